The van der Waals surface area contributed by atoms with Gasteiger partial charge in [0.25, 0.3) is 5.91 Å². The molecule has 1 saturated heterocycles. The first-order chi connectivity index (χ1) is 11.0. The van der Waals surface area contributed by atoms with Crippen LogP contribution in [-0.4, -0.2) is 63.6 Å². The molecule has 2 rings (SSSR count). The molecule has 8 nitrogen and oxygen atoms in total. The summed E-state index contributed by atoms with van der Waals surface area (Å²) in [6, 6.07) is 5.07. The number of aliphatic hydroxyl groups is 4. The third-order valence-corrected chi connectivity index (χ3v) is 3.68. The molecule has 0 spiro atoms. The summed E-state index contributed by atoms with van der Waals surface area (Å²) in [6.07, 6.45) is -5.60. The maximum atomic E-state index is 12.2. The van der Waals surface area contributed by atoms with Crippen molar-refractivity contribution in [2.75, 3.05) is 6.61 Å². The van der Waals surface area contributed by atoms with Gasteiger partial charge in [-0.25, -0.2) is 6.57 Å². The molecule has 0 aromatic heterocycles. The molecule has 1 fully saturated rings. The summed E-state index contributed by atoms with van der Waals surface area (Å²) in [6.45, 7) is 6.42. The Labute approximate surface area is 132 Å². The van der Waals surface area contributed by atoms with E-state index in [1.807, 2.05) is 0 Å². The second kappa shape index (κ2) is 7.50. The molecule has 1 amide bonds. The molecule has 1 aliphatic rings. The third kappa shape index (κ3) is 3.85. The Kier molecular flexibility index (Phi) is 5.65. The molecule has 8 heteroatoms. The van der Waals surface area contributed by atoms with Crippen molar-refractivity contribution in [3.8, 4) is 0 Å². The minimum absolute atomic E-state index is 0.213. The topological polar surface area (TPSA) is 124 Å². The van der Waals surface area contributed by atoms with Crippen LogP contribution in [0.4, 0.5) is 0 Å². The number of nitrogens with zero attached hydrogens (tertiary/aromatic N) is 1. The molecule has 5 atom stereocenters. The van der Waals surface area contributed by atoms with E-state index in [2.05, 4.69) is 10.2 Å². The first-order valence-corrected chi connectivity index (χ1v) is 7.01. The van der Waals surface area contributed by atoms with Crippen molar-refractivity contribution >= 4 is 5.91 Å². The average Bonchev–Trinajstić information content (AvgIpc) is 2.55. The lowest BCUT2D eigenvalue weighted by Crippen LogP contribution is -2.64. The Morgan fingerprint density at radius 3 is 2.43 bits per heavy atom. The number of ether oxygens (including phenoxy) is 1. The Hall–Kier alpha value is -2.02. The zero-order valence-corrected chi connectivity index (χ0v) is 12.2. The fraction of sp³-hybridized carbons (Fsp3) is 0.467. The molecule has 1 aromatic carbocycles. The van der Waals surface area contributed by atoms with Crippen molar-refractivity contribution < 1.29 is 30.0 Å². The van der Waals surface area contributed by atoms with Crippen molar-refractivity contribution in [2.45, 2.75) is 37.2 Å². The summed E-state index contributed by atoms with van der Waals surface area (Å²) in [5.41, 5.74) is 1.04. The van der Waals surface area contributed by atoms with E-state index in [1.54, 1.807) is 12.1 Å². The first-order valence-electron chi connectivity index (χ1n) is 7.01. The van der Waals surface area contributed by atoms with Gasteiger partial charge in [0.1, 0.15) is 24.4 Å². The molecule has 1 aromatic rings. The lowest BCUT2D eigenvalue weighted by atomic mass is 9.96. The van der Waals surface area contributed by atoms with Gasteiger partial charge in [0.15, 0.2) is 6.29 Å². The Bertz CT molecular complexity index is 585. The summed E-state index contributed by atoms with van der Waals surface area (Å²) in [5, 5.41) is 41.0. The van der Waals surface area contributed by atoms with Crippen LogP contribution in [0.15, 0.2) is 24.3 Å². The van der Waals surface area contributed by atoms with Crippen LogP contribution in [-0.2, 0) is 11.3 Å². The van der Waals surface area contributed by atoms with Gasteiger partial charge >= 0.3 is 0 Å². The van der Waals surface area contributed by atoms with Crippen molar-refractivity contribution in [1.29, 1.82) is 0 Å². The minimum Gasteiger partial charge on any atom is -0.394 e. The standard InChI is InChI=1S/C15H18N2O6/c1-16-6-8-2-4-9(5-3-8)14(21)17-11-13(20)12(19)10(7-18)23-15(11)22/h2-5,10-13,15,18-20,22H,6-7H2,(H,17,21). The Morgan fingerprint density at radius 2 is 1.87 bits per heavy atom. The largest absolute Gasteiger partial charge is 0.394 e. The second-order valence-electron chi connectivity index (χ2n) is 5.24. The molecular formula is C15H18N2O6. The van der Waals surface area contributed by atoms with Gasteiger partial charge in [-0.2, -0.15) is 0 Å². The van der Waals surface area contributed by atoms with Gasteiger partial charge < -0.3 is 35.3 Å². The summed E-state index contributed by atoms with van der Waals surface area (Å²) in [5.74, 6) is -0.569. The van der Waals surface area contributed by atoms with Crippen LogP contribution in [0.1, 0.15) is 15.9 Å². The smallest absolute Gasteiger partial charge is 0.251 e. The maximum Gasteiger partial charge on any atom is 0.251 e. The fourth-order valence-electron chi connectivity index (χ4n) is 2.34. The van der Waals surface area contributed by atoms with Crippen LogP contribution >= 0.6 is 0 Å². The monoisotopic (exact) mass is 322 g/mol. The lowest BCUT2D eigenvalue weighted by Gasteiger charge is -2.40. The number of amides is 1. The van der Waals surface area contributed by atoms with E-state index < -0.39 is 43.2 Å². The van der Waals surface area contributed by atoms with E-state index in [4.69, 9.17) is 16.4 Å². The van der Waals surface area contributed by atoms with E-state index in [-0.39, 0.29) is 12.1 Å². The third-order valence-electron chi connectivity index (χ3n) is 3.68. The van der Waals surface area contributed by atoms with E-state index in [1.165, 1.54) is 12.1 Å². The number of aliphatic hydroxyl groups excluding tert-OH is 4. The molecule has 124 valence electrons. The summed E-state index contributed by atoms with van der Waals surface area (Å²) >= 11 is 0. The number of benzene rings is 1. The molecule has 1 aliphatic heterocycles. The van der Waals surface area contributed by atoms with Gasteiger partial charge in [-0.05, 0) is 12.1 Å². The molecule has 1 heterocycles. The van der Waals surface area contributed by atoms with E-state index in [9.17, 15) is 20.1 Å². The summed E-state index contributed by atoms with van der Waals surface area (Å²) in [4.78, 5) is 15.4. The molecule has 0 bridgehead atoms. The van der Waals surface area contributed by atoms with Gasteiger partial charge in [-0.3, -0.25) is 4.79 Å². The van der Waals surface area contributed by atoms with Gasteiger partial charge in [0.05, 0.1) is 6.61 Å². The quantitative estimate of drug-likeness (QED) is 0.436. The second-order valence-corrected chi connectivity index (χ2v) is 5.24. The SMILES string of the molecule is [C-]#[N+]Cc1ccc(C(=O)NC2C(O)OC(CO)C(O)C2O)cc1. The molecule has 5 unspecified atom stereocenters. The van der Waals surface area contributed by atoms with Crippen LogP contribution in [0.2, 0.25) is 0 Å². The number of carbonyl (C=O) groups is 1. The van der Waals surface area contributed by atoms with Crippen molar-refractivity contribution in [3.63, 3.8) is 0 Å². The molecular weight excluding hydrogens is 304 g/mol. The molecule has 5 N–H and O–H groups in total. The van der Waals surface area contributed by atoms with Crippen molar-refractivity contribution in [1.82, 2.24) is 5.32 Å². The van der Waals surface area contributed by atoms with Gasteiger partial charge in [-0.1, -0.05) is 12.1 Å². The minimum atomic E-state index is -1.56. The summed E-state index contributed by atoms with van der Waals surface area (Å²) < 4.78 is 4.97. The highest BCUT2D eigenvalue weighted by molar-refractivity contribution is 5.94. The number of hydrogen-bond acceptors (Lipinski definition) is 6. The Balaban J connectivity index is 2.05. The highest BCUT2D eigenvalue weighted by Crippen LogP contribution is 2.20. The predicted molar refractivity (Wildman–Crippen MR) is 78.0 cm³/mol. The molecule has 0 aliphatic carbocycles. The van der Waals surface area contributed by atoms with Gasteiger partial charge in [0.2, 0.25) is 6.54 Å². The van der Waals surface area contributed by atoms with Crippen LogP contribution in [0, 0.1) is 6.57 Å². The van der Waals surface area contributed by atoms with Crippen LogP contribution < -0.4 is 5.32 Å². The van der Waals surface area contributed by atoms with E-state index in [0.29, 0.717) is 0 Å². The van der Waals surface area contributed by atoms with Crippen LogP contribution in [0.5, 0.6) is 0 Å². The van der Waals surface area contributed by atoms with E-state index >= 15 is 0 Å². The van der Waals surface area contributed by atoms with Gasteiger partial charge in [0, 0.05) is 11.1 Å². The van der Waals surface area contributed by atoms with Gasteiger partial charge in [-0.15, -0.1) is 0 Å². The Morgan fingerprint density at radius 1 is 1.22 bits per heavy atom. The normalized spacial score (nSPS) is 30.5. The predicted octanol–water partition coefficient (Wildman–Crippen LogP) is -1.36. The molecule has 0 saturated carbocycles. The first kappa shape index (κ1) is 17.3. The average molecular weight is 322 g/mol. The number of rotatable bonds is 4. The van der Waals surface area contributed by atoms with Crippen LogP contribution in [0.25, 0.3) is 4.85 Å². The van der Waals surface area contributed by atoms with Crippen molar-refractivity contribution in [3.05, 3.63) is 46.8 Å². The van der Waals surface area contributed by atoms with Crippen LogP contribution in [0.3, 0.4) is 0 Å². The zero-order valence-electron chi connectivity index (χ0n) is 12.2. The molecule has 23 heavy (non-hydrogen) atoms. The van der Waals surface area contributed by atoms with Crippen molar-refractivity contribution in [2.24, 2.45) is 0 Å². The zero-order chi connectivity index (χ0) is 17.0. The maximum absolute atomic E-state index is 12.2. The summed E-state index contributed by atoms with van der Waals surface area (Å²) in [7, 11) is 0. The molecule has 0 radical (unpaired) electrons. The number of carbonyl (C=O) groups excluding carboxylic acids is 1. The van der Waals surface area contributed by atoms with E-state index in [0.717, 1.165) is 5.56 Å². The lowest BCUT2D eigenvalue weighted by molar-refractivity contribution is -0.252. The highest BCUT2D eigenvalue weighted by Gasteiger charge is 2.44. The fourth-order valence-corrected chi connectivity index (χ4v) is 2.34. The number of hydrogen-bond donors (Lipinski definition) is 5. The highest BCUT2D eigenvalue weighted by atomic mass is 16.6. The number of nitrogens with one attached hydrogen (secondary N) is 1.